The van der Waals surface area contributed by atoms with Crippen molar-refractivity contribution in [2.24, 2.45) is 5.41 Å². The lowest BCUT2D eigenvalue weighted by Gasteiger charge is -2.52. The van der Waals surface area contributed by atoms with E-state index in [9.17, 15) is 4.39 Å². The number of methoxy groups -OCH3 is 1. The van der Waals surface area contributed by atoms with Crippen molar-refractivity contribution in [2.75, 3.05) is 7.11 Å². The van der Waals surface area contributed by atoms with Gasteiger partial charge in [0.05, 0.1) is 6.10 Å². The van der Waals surface area contributed by atoms with Gasteiger partial charge in [0.2, 0.25) is 0 Å². The van der Waals surface area contributed by atoms with Crippen molar-refractivity contribution in [3.63, 3.8) is 0 Å². The average Bonchev–Trinajstić information content (AvgIpc) is 2.33. The van der Waals surface area contributed by atoms with E-state index in [1.807, 2.05) is 6.07 Å². The molecule has 19 heavy (non-hydrogen) atoms. The molecule has 0 aromatic heterocycles. The summed E-state index contributed by atoms with van der Waals surface area (Å²) >= 11 is 3.43. The van der Waals surface area contributed by atoms with Crippen LogP contribution in [0, 0.1) is 11.2 Å². The molecule has 3 unspecified atom stereocenters. The molecule has 1 N–H and O–H groups in total. The average molecular weight is 330 g/mol. The Hall–Kier alpha value is -0.450. The summed E-state index contributed by atoms with van der Waals surface area (Å²) < 4.78 is 19.4. The SMILES string of the molecule is COC1CC(NC(C)c2ccc(F)cc2Br)C1(C)C. The smallest absolute Gasteiger partial charge is 0.124 e. The molecule has 2 nitrogen and oxygen atoms in total. The van der Waals surface area contributed by atoms with E-state index in [0.29, 0.717) is 12.1 Å². The van der Waals surface area contributed by atoms with E-state index in [-0.39, 0.29) is 17.3 Å². The highest BCUT2D eigenvalue weighted by atomic mass is 79.9. The van der Waals surface area contributed by atoms with Crippen LogP contribution in [0.1, 0.15) is 38.8 Å². The van der Waals surface area contributed by atoms with Crippen LogP contribution in [0.4, 0.5) is 4.39 Å². The number of benzene rings is 1. The third-order valence-corrected chi connectivity index (χ3v) is 5.03. The van der Waals surface area contributed by atoms with Crippen molar-refractivity contribution >= 4 is 15.9 Å². The van der Waals surface area contributed by atoms with Crippen LogP contribution in [0.25, 0.3) is 0 Å². The number of halogens is 2. The third kappa shape index (κ3) is 2.86. The molecule has 1 aromatic carbocycles. The number of hydrogen-bond donors (Lipinski definition) is 1. The zero-order valence-corrected chi connectivity index (χ0v) is 13.4. The molecule has 1 fully saturated rings. The molecular weight excluding hydrogens is 309 g/mol. The van der Waals surface area contributed by atoms with Crippen molar-refractivity contribution in [3.05, 3.63) is 34.1 Å². The highest BCUT2D eigenvalue weighted by Gasteiger charge is 2.48. The van der Waals surface area contributed by atoms with Crippen LogP contribution < -0.4 is 5.32 Å². The van der Waals surface area contributed by atoms with Crippen LogP contribution in [0.2, 0.25) is 0 Å². The lowest BCUT2D eigenvalue weighted by atomic mass is 9.64. The highest BCUT2D eigenvalue weighted by molar-refractivity contribution is 9.10. The Labute approximate surface area is 122 Å². The van der Waals surface area contributed by atoms with Crippen LogP contribution in [0.5, 0.6) is 0 Å². The minimum Gasteiger partial charge on any atom is -0.381 e. The number of hydrogen-bond acceptors (Lipinski definition) is 2. The topological polar surface area (TPSA) is 21.3 Å². The summed E-state index contributed by atoms with van der Waals surface area (Å²) in [5, 5.41) is 3.62. The summed E-state index contributed by atoms with van der Waals surface area (Å²) in [6.07, 6.45) is 1.33. The summed E-state index contributed by atoms with van der Waals surface area (Å²) in [4.78, 5) is 0. The largest absolute Gasteiger partial charge is 0.381 e. The molecule has 0 amide bonds. The molecule has 0 radical (unpaired) electrons. The minimum atomic E-state index is -0.216. The first-order valence-electron chi connectivity index (χ1n) is 6.60. The van der Waals surface area contributed by atoms with Crippen molar-refractivity contribution in [3.8, 4) is 0 Å². The maximum Gasteiger partial charge on any atom is 0.124 e. The molecule has 1 aliphatic rings. The van der Waals surface area contributed by atoms with Gasteiger partial charge in [-0.2, -0.15) is 0 Å². The molecule has 0 heterocycles. The van der Waals surface area contributed by atoms with Gasteiger partial charge in [0, 0.05) is 29.1 Å². The van der Waals surface area contributed by atoms with Crippen molar-refractivity contribution < 1.29 is 9.13 Å². The summed E-state index contributed by atoms with van der Waals surface area (Å²) in [6.45, 7) is 6.54. The molecule has 1 aliphatic carbocycles. The first-order valence-corrected chi connectivity index (χ1v) is 7.39. The first kappa shape index (κ1) is 14.9. The number of nitrogens with one attached hydrogen (secondary N) is 1. The summed E-state index contributed by atoms with van der Waals surface area (Å²) in [7, 11) is 1.77. The van der Waals surface area contributed by atoms with Gasteiger partial charge in [-0.15, -0.1) is 0 Å². The predicted molar refractivity (Wildman–Crippen MR) is 78.6 cm³/mol. The van der Waals surface area contributed by atoms with Gasteiger partial charge in [-0.25, -0.2) is 4.39 Å². The Balaban J connectivity index is 2.04. The van der Waals surface area contributed by atoms with E-state index in [4.69, 9.17) is 4.74 Å². The van der Waals surface area contributed by atoms with E-state index in [2.05, 4.69) is 42.0 Å². The molecule has 0 saturated heterocycles. The van der Waals surface area contributed by atoms with Crippen molar-refractivity contribution in [1.29, 1.82) is 0 Å². The molecule has 4 heteroatoms. The van der Waals surface area contributed by atoms with Gasteiger partial charge < -0.3 is 10.1 Å². The van der Waals surface area contributed by atoms with Gasteiger partial charge in [-0.3, -0.25) is 0 Å². The van der Waals surface area contributed by atoms with Crippen LogP contribution >= 0.6 is 15.9 Å². The molecular formula is C15H21BrFNO. The minimum absolute atomic E-state index is 0.134. The molecule has 3 atom stereocenters. The van der Waals surface area contributed by atoms with Crippen molar-refractivity contribution in [1.82, 2.24) is 5.32 Å². The van der Waals surface area contributed by atoms with E-state index in [0.717, 1.165) is 16.5 Å². The zero-order chi connectivity index (χ0) is 14.2. The summed E-state index contributed by atoms with van der Waals surface area (Å²) in [5.74, 6) is -0.216. The second-order valence-corrected chi connectivity index (χ2v) is 6.74. The van der Waals surface area contributed by atoms with Gasteiger partial charge >= 0.3 is 0 Å². The Morgan fingerprint density at radius 3 is 2.68 bits per heavy atom. The Morgan fingerprint density at radius 1 is 1.47 bits per heavy atom. The standard InChI is InChI=1S/C15H21BrFNO/c1-9(11-6-5-10(17)7-12(11)16)18-13-8-14(19-4)15(13,2)3/h5-7,9,13-14,18H,8H2,1-4H3. The highest BCUT2D eigenvalue weighted by Crippen LogP contribution is 2.43. The normalized spacial score (nSPS) is 26.8. The quantitative estimate of drug-likeness (QED) is 0.899. The molecule has 0 aliphatic heterocycles. The summed E-state index contributed by atoms with van der Waals surface area (Å²) in [5.41, 5.74) is 1.22. The van der Waals surface area contributed by atoms with Gasteiger partial charge in [0.1, 0.15) is 5.82 Å². The fourth-order valence-corrected chi connectivity index (χ4v) is 3.51. The lowest BCUT2D eigenvalue weighted by molar-refractivity contribution is -0.0999. The Kier molecular flexibility index (Phi) is 4.33. The molecule has 1 aromatic rings. The number of rotatable bonds is 4. The van der Waals surface area contributed by atoms with Crippen LogP contribution in [0.15, 0.2) is 22.7 Å². The zero-order valence-electron chi connectivity index (χ0n) is 11.8. The maximum atomic E-state index is 13.1. The van der Waals surface area contributed by atoms with E-state index >= 15 is 0 Å². The fourth-order valence-electron chi connectivity index (χ4n) is 2.81. The van der Waals surface area contributed by atoms with Gasteiger partial charge in [-0.05, 0) is 31.0 Å². The summed E-state index contributed by atoms with van der Waals surface area (Å²) in [6, 6.07) is 5.44. The predicted octanol–water partition coefficient (Wildman–Crippen LogP) is 4.05. The van der Waals surface area contributed by atoms with Crippen LogP contribution in [-0.2, 0) is 4.74 Å². The molecule has 2 rings (SSSR count). The second-order valence-electron chi connectivity index (χ2n) is 5.89. The van der Waals surface area contributed by atoms with E-state index < -0.39 is 0 Å². The Morgan fingerprint density at radius 2 is 2.16 bits per heavy atom. The second kappa shape index (κ2) is 5.51. The molecule has 0 bridgehead atoms. The monoisotopic (exact) mass is 329 g/mol. The lowest BCUT2D eigenvalue weighted by Crippen LogP contribution is -2.60. The third-order valence-electron chi connectivity index (χ3n) is 4.34. The van der Waals surface area contributed by atoms with Gasteiger partial charge in [0.15, 0.2) is 0 Å². The molecule has 106 valence electrons. The number of ether oxygens (including phenoxy) is 1. The molecule has 1 saturated carbocycles. The van der Waals surface area contributed by atoms with Gasteiger partial charge in [0.25, 0.3) is 0 Å². The van der Waals surface area contributed by atoms with Crippen LogP contribution in [0.3, 0.4) is 0 Å². The van der Waals surface area contributed by atoms with E-state index in [1.165, 1.54) is 12.1 Å². The van der Waals surface area contributed by atoms with Gasteiger partial charge in [-0.1, -0.05) is 35.8 Å². The van der Waals surface area contributed by atoms with E-state index in [1.54, 1.807) is 7.11 Å². The Bertz CT molecular complexity index is 463. The van der Waals surface area contributed by atoms with Crippen molar-refractivity contribution in [2.45, 2.75) is 45.4 Å². The first-order chi connectivity index (χ1) is 8.86. The maximum absolute atomic E-state index is 13.1. The fraction of sp³-hybridized carbons (Fsp3) is 0.600. The molecule has 0 spiro atoms. The van der Waals surface area contributed by atoms with Crippen LogP contribution in [-0.4, -0.2) is 19.3 Å².